The van der Waals surface area contributed by atoms with Crippen molar-refractivity contribution in [3.05, 3.63) is 11.6 Å². The molecule has 8 N–H and O–H groups in total. The Hall–Kier alpha value is -1.27. The van der Waals surface area contributed by atoms with Gasteiger partial charge in [-0.25, -0.2) is 4.79 Å². The Bertz CT molecular complexity index is 1270. The van der Waals surface area contributed by atoms with E-state index in [1.807, 2.05) is 0 Å². The van der Waals surface area contributed by atoms with Crippen LogP contribution in [0.3, 0.4) is 0 Å². The van der Waals surface area contributed by atoms with Gasteiger partial charge >= 0.3 is 5.97 Å². The lowest BCUT2D eigenvalue weighted by molar-refractivity contribution is -0.346. The number of fused-ring (bicyclic) bond motifs is 5. The van der Waals surface area contributed by atoms with E-state index in [0.717, 1.165) is 24.8 Å². The summed E-state index contributed by atoms with van der Waals surface area (Å²) in [5, 5.41) is 87.1. The number of ether oxygens (including phenoxy) is 5. The molecule has 15 unspecified atom stereocenters. The summed E-state index contributed by atoms with van der Waals surface area (Å²) in [6.45, 7) is 3.28. The molecule has 0 aromatic rings. The fourth-order valence-corrected chi connectivity index (χ4v) is 11.5. The molecule has 6 fully saturated rings. The molecule has 0 amide bonds. The van der Waals surface area contributed by atoms with E-state index < -0.39 is 90.1 Å². The van der Waals surface area contributed by atoms with Gasteiger partial charge in [0.1, 0.15) is 37.1 Å². The summed E-state index contributed by atoms with van der Waals surface area (Å²) in [4.78, 5) is 11.9. The molecular formula is C35H54O14. The number of aliphatic hydroxyl groups excluding tert-OH is 6. The molecule has 278 valence electrons. The molecule has 0 aromatic carbocycles. The molecular weight excluding hydrogens is 644 g/mol. The van der Waals surface area contributed by atoms with Crippen molar-refractivity contribution < 1.29 is 69.3 Å². The van der Waals surface area contributed by atoms with Crippen molar-refractivity contribution >= 4 is 5.97 Å². The fourth-order valence-electron chi connectivity index (χ4n) is 11.5. The summed E-state index contributed by atoms with van der Waals surface area (Å²) < 4.78 is 28.9. The zero-order valence-corrected chi connectivity index (χ0v) is 28.3. The van der Waals surface area contributed by atoms with Crippen LogP contribution < -0.4 is 0 Å². The lowest BCUT2D eigenvalue weighted by Crippen LogP contribution is -2.69. The second-order valence-corrected chi connectivity index (χ2v) is 16.3. The van der Waals surface area contributed by atoms with E-state index in [-0.39, 0.29) is 49.8 Å². The van der Waals surface area contributed by atoms with Gasteiger partial charge in [0.15, 0.2) is 12.6 Å². The maximum atomic E-state index is 12.5. The number of hydrogen-bond donors (Lipinski definition) is 8. The first-order valence-electron chi connectivity index (χ1n) is 18.1. The third-order valence-electron chi connectivity index (χ3n) is 14.2. The van der Waals surface area contributed by atoms with Crippen molar-refractivity contribution in [2.24, 2.45) is 28.6 Å². The molecule has 17 atom stereocenters. The quantitative estimate of drug-likeness (QED) is 0.123. The summed E-state index contributed by atoms with van der Waals surface area (Å²) in [7, 11) is 0. The Balaban J connectivity index is 1.000. The van der Waals surface area contributed by atoms with Gasteiger partial charge in [0.05, 0.1) is 42.7 Å². The molecule has 4 saturated carbocycles. The largest absolute Gasteiger partial charge is 0.458 e. The van der Waals surface area contributed by atoms with Crippen LogP contribution in [0.2, 0.25) is 0 Å². The average Bonchev–Trinajstić information content (AvgIpc) is 3.61. The Kier molecular flexibility index (Phi) is 9.57. The maximum Gasteiger partial charge on any atom is 0.331 e. The molecule has 0 aromatic heterocycles. The summed E-state index contributed by atoms with van der Waals surface area (Å²) in [6.07, 6.45) is -4.56. The van der Waals surface area contributed by atoms with E-state index in [4.69, 9.17) is 23.7 Å². The summed E-state index contributed by atoms with van der Waals surface area (Å²) in [5.74, 6) is -0.460. The van der Waals surface area contributed by atoms with E-state index >= 15 is 0 Å². The fraction of sp³-hybridized carbons (Fsp3) is 0.914. The van der Waals surface area contributed by atoms with Gasteiger partial charge in [-0.15, -0.1) is 0 Å². The Labute approximate surface area is 285 Å². The number of carbonyl (C=O) groups excluding carboxylic acids is 1. The number of rotatable bonds is 7. The van der Waals surface area contributed by atoms with Crippen molar-refractivity contribution in [1.82, 2.24) is 0 Å². The zero-order chi connectivity index (χ0) is 35.1. The molecule has 4 aliphatic carbocycles. The third-order valence-corrected chi connectivity index (χ3v) is 14.2. The summed E-state index contributed by atoms with van der Waals surface area (Å²) in [5.41, 5.74) is -2.49. The average molecular weight is 699 g/mol. The Morgan fingerprint density at radius 2 is 1.65 bits per heavy atom. The van der Waals surface area contributed by atoms with E-state index in [1.165, 1.54) is 0 Å². The normalized spacial score (nSPS) is 54.4. The predicted molar refractivity (Wildman–Crippen MR) is 167 cm³/mol. The highest BCUT2D eigenvalue weighted by molar-refractivity contribution is 5.85. The van der Waals surface area contributed by atoms with Crippen LogP contribution in [0.5, 0.6) is 0 Å². The van der Waals surface area contributed by atoms with Gasteiger partial charge in [-0.2, -0.15) is 0 Å². The minimum atomic E-state index is -1.62. The number of cyclic esters (lactones) is 1. The van der Waals surface area contributed by atoms with Crippen molar-refractivity contribution in [3.8, 4) is 0 Å². The minimum Gasteiger partial charge on any atom is -0.458 e. The van der Waals surface area contributed by atoms with Gasteiger partial charge in [0.25, 0.3) is 0 Å². The van der Waals surface area contributed by atoms with Crippen LogP contribution in [-0.2, 0) is 28.5 Å². The molecule has 7 rings (SSSR count). The second kappa shape index (κ2) is 13.0. The second-order valence-electron chi connectivity index (χ2n) is 16.3. The minimum absolute atomic E-state index is 0.0249. The SMILES string of the molecule is CC1OC(OC2CC[C@]3(CO)C4CC[C@]5(C)C(C6=CC(=O)OC6)CCC5(O)C4CCC3(O)C2)CC(O)C1OC1OC(CO)C(O)C(O)C1O. The lowest BCUT2D eigenvalue weighted by atomic mass is 9.41. The van der Waals surface area contributed by atoms with Crippen LogP contribution in [0.25, 0.3) is 0 Å². The highest BCUT2D eigenvalue weighted by atomic mass is 16.7. The Morgan fingerprint density at radius 3 is 2.33 bits per heavy atom. The van der Waals surface area contributed by atoms with Gasteiger partial charge < -0.3 is 64.5 Å². The van der Waals surface area contributed by atoms with E-state index in [0.29, 0.717) is 32.1 Å². The summed E-state index contributed by atoms with van der Waals surface area (Å²) in [6, 6.07) is 0. The van der Waals surface area contributed by atoms with E-state index in [9.17, 15) is 45.6 Å². The van der Waals surface area contributed by atoms with Crippen LogP contribution in [0.4, 0.5) is 0 Å². The van der Waals surface area contributed by atoms with Crippen molar-refractivity contribution in [1.29, 1.82) is 0 Å². The first-order valence-corrected chi connectivity index (χ1v) is 18.1. The molecule has 14 nitrogen and oxygen atoms in total. The van der Waals surface area contributed by atoms with E-state index in [1.54, 1.807) is 13.0 Å². The lowest BCUT2D eigenvalue weighted by Gasteiger charge is -2.66. The molecule has 0 radical (unpaired) electrons. The first kappa shape index (κ1) is 36.1. The molecule has 3 heterocycles. The molecule has 0 spiro atoms. The van der Waals surface area contributed by atoms with Crippen molar-refractivity contribution in [2.75, 3.05) is 19.8 Å². The molecule has 7 aliphatic rings. The van der Waals surface area contributed by atoms with Crippen LogP contribution in [-0.4, -0.2) is 139 Å². The van der Waals surface area contributed by atoms with E-state index in [2.05, 4.69) is 6.92 Å². The van der Waals surface area contributed by atoms with Gasteiger partial charge in [-0.3, -0.25) is 0 Å². The van der Waals surface area contributed by atoms with Crippen LogP contribution in [0, 0.1) is 28.6 Å². The zero-order valence-electron chi connectivity index (χ0n) is 28.3. The smallest absolute Gasteiger partial charge is 0.331 e. The number of hydrogen-bond acceptors (Lipinski definition) is 14. The standard InChI is InChI=1S/C35H54O14/c1-17-30(49-31-29(42)28(41)27(40)24(14-36)48-31)23(38)12-26(46-17)47-19-3-8-33(16-37)21-4-7-32(2)20(18-11-25(39)45-15-18)6-10-35(32,44)22(21)5-9-34(33,43)13-19/h11,17,19-24,26-31,36-38,40-44H,3-10,12-16H2,1-2H3/t17?,19?,20?,21?,22?,23?,24?,26?,27?,28?,29?,30?,31?,32-,33+,34?,35?/m1/s1. The van der Waals surface area contributed by atoms with Gasteiger partial charge in [-0.05, 0) is 81.6 Å². The van der Waals surface area contributed by atoms with Crippen molar-refractivity contribution in [2.45, 2.75) is 151 Å². The third kappa shape index (κ3) is 5.56. The topological polar surface area (TPSA) is 225 Å². The van der Waals surface area contributed by atoms with Gasteiger partial charge in [-0.1, -0.05) is 6.92 Å². The number of aliphatic hydroxyl groups is 8. The molecule has 49 heavy (non-hydrogen) atoms. The summed E-state index contributed by atoms with van der Waals surface area (Å²) >= 11 is 0. The molecule has 14 heteroatoms. The number of esters is 1. The number of carbonyl (C=O) groups is 1. The van der Waals surface area contributed by atoms with Crippen molar-refractivity contribution in [3.63, 3.8) is 0 Å². The molecule has 3 aliphatic heterocycles. The maximum absolute atomic E-state index is 12.5. The highest BCUT2D eigenvalue weighted by Crippen LogP contribution is 2.70. The predicted octanol–water partition coefficient (Wildman–Crippen LogP) is -0.603. The van der Waals surface area contributed by atoms with Crippen LogP contribution >= 0.6 is 0 Å². The van der Waals surface area contributed by atoms with Crippen LogP contribution in [0.15, 0.2) is 11.6 Å². The van der Waals surface area contributed by atoms with Gasteiger partial charge in [0.2, 0.25) is 0 Å². The van der Waals surface area contributed by atoms with Gasteiger partial charge in [0, 0.05) is 29.7 Å². The molecule has 2 saturated heterocycles. The monoisotopic (exact) mass is 698 g/mol. The first-order chi connectivity index (χ1) is 23.2. The highest BCUT2D eigenvalue weighted by Gasteiger charge is 2.71. The molecule has 0 bridgehead atoms. The Morgan fingerprint density at radius 1 is 0.898 bits per heavy atom. The van der Waals surface area contributed by atoms with Crippen LogP contribution in [0.1, 0.15) is 78.1 Å².